The average Bonchev–Trinajstić information content (AvgIpc) is 2.45. The first-order valence-corrected chi connectivity index (χ1v) is 8.23. The van der Waals surface area contributed by atoms with Gasteiger partial charge in [0.1, 0.15) is 0 Å². The Morgan fingerprint density at radius 1 is 1.15 bits per heavy atom. The highest BCUT2D eigenvalue weighted by molar-refractivity contribution is 7.98. The summed E-state index contributed by atoms with van der Waals surface area (Å²) in [5, 5.41) is 4.20. The molecule has 20 heavy (non-hydrogen) atoms. The van der Waals surface area contributed by atoms with Crippen LogP contribution in [0.4, 0.5) is 0 Å². The maximum Gasteiger partial charge on any atom is 0.0446 e. The van der Waals surface area contributed by atoms with Crippen molar-refractivity contribution in [1.82, 2.24) is 5.32 Å². The molecule has 3 heteroatoms. The number of nitrogens with one attached hydrogen (secondary N) is 1. The molecule has 0 aliphatic rings. The predicted octanol–water partition coefficient (Wildman–Crippen LogP) is 5.05. The molecule has 2 rings (SSSR count). The number of hydrogen-bond acceptors (Lipinski definition) is 2. The third-order valence-corrected chi connectivity index (χ3v) is 4.75. The second kappa shape index (κ2) is 7.72. The van der Waals surface area contributed by atoms with E-state index in [-0.39, 0.29) is 0 Å². The molecular weight excluding hydrogens is 286 g/mol. The van der Waals surface area contributed by atoms with Crippen LogP contribution in [0.3, 0.4) is 0 Å². The molecule has 0 aliphatic carbocycles. The summed E-state index contributed by atoms with van der Waals surface area (Å²) in [6.45, 7) is 6.24. The molecule has 2 aromatic rings. The standard InChI is InChI=1S/C17H20ClNS/c1-3-19-11-14-8-9-17(13(2)10-14)20-12-15-6-4-5-7-16(15)18/h4-10,19H,3,11-12H2,1-2H3. The molecule has 1 N–H and O–H groups in total. The van der Waals surface area contributed by atoms with Gasteiger partial charge in [-0.25, -0.2) is 0 Å². The second-order valence-corrected chi connectivity index (χ2v) is 6.18. The van der Waals surface area contributed by atoms with Crippen molar-refractivity contribution in [3.8, 4) is 0 Å². The van der Waals surface area contributed by atoms with E-state index >= 15 is 0 Å². The van der Waals surface area contributed by atoms with Gasteiger partial charge >= 0.3 is 0 Å². The van der Waals surface area contributed by atoms with Crippen LogP contribution < -0.4 is 5.32 Å². The summed E-state index contributed by atoms with van der Waals surface area (Å²) in [5.74, 6) is 0.910. The van der Waals surface area contributed by atoms with Crippen LogP contribution in [0.25, 0.3) is 0 Å². The third kappa shape index (κ3) is 4.27. The normalized spacial score (nSPS) is 10.8. The van der Waals surface area contributed by atoms with Gasteiger partial charge in [0.2, 0.25) is 0 Å². The van der Waals surface area contributed by atoms with Gasteiger partial charge in [-0.05, 0) is 42.3 Å². The molecule has 0 saturated carbocycles. The van der Waals surface area contributed by atoms with Crippen LogP contribution >= 0.6 is 23.4 Å². The minimum Gasteiger partial charge on any atom is -0.313 e. The molecular formula is C17H20ClNS. The molecule has 0 fully saturated rings. The molecule has 1 nitrogen and oxygen atoms in total. The first kappa shape index (κ1) is 15.4. The fourth-order valence-corrected chi connectivity index (χ4v) is 3.32. The Bertz CT molecular complexity index is 569. The van der Waals surface area contributed by atoms with Crippen molar-refractivity contribution in [3.05, 3.63) is 64.2 Å². The van der Waals surface area contributed by atoms with Crippen molar-refractivity contribution in [2.45, 2.75) is 31.0 Å². The number of rotatable bonds is 6. The molecule has 0 aromatic heterocycles. The van der Waals surface area contributed by atoms with Crippen molar-refractivity contribution in [2.75, 3.05) is 6.54 Å². The third-order valence-electron chi connectivity index (χ3n) is 3.16. The van der Waals surface area contributed by atoms with E-state index in [0.717, 1.165) is 23.9 Å². The largest absolute Gasteiger partial charge is 0.313 e. The van der Waals surface area contributed by atoms with Crippen molar-refractivity contribution < 1.29 is 0 Å². The summed E-state index contributed by atoms with van der Waals surface area (Å²) in [5.41, 5.74) is 3.86. The van der Waals surface area contributed by atoms with Crippen molar-refractivity contribution >= 4 is 23.4 Å². The van der Waals surface area contributed by atoms with Gasteiger partial charge in [-0.2, -0.15) is 0 Å². The first-order valence-electron chi connectivity index (χ1n) is 6.87. The molecule has 0 radical (unpaired) electrons. The number of thioether (sulfide) groups is 1. The number of hydrogen-bond donors (Lipinski definition) is 1. The zero-order valence-electron chi connectivity index (χ0n) is 11.9. The Kier molecular flexibility index (Phi) is 5.96. The van der Waals surface area contributed by atoms with E-state index in [1.165, 1.54) is 21.6 Å². The zero-order chi connectivity index (χ0) is 14.4. The Morgan fingerprint density at radius 3 is 2.65 bits per heavy atom. The molecule has 2 aromatic carbocycles. The van der Waals surface area contributed by atoms with Gasteiger partial charge in [0.05, 0.1) is 0 Å². The molecule has 0 aliphatic heterocycles. The minimum atomic E-state index is 0.849. The lowest BCUT2D eigenvalue weighted by molar-refractivity contribution is 0.726. The van der Waals surface area contributed by atoms with Gasteiger partial charge < -0.3 is 5.32 Å². The highest BCUT2D eigenvalue weighted by Crippen LogP contribution is 2.29. The summed E-state index contributed by atoms with van der Waals surface area (Å²) in [6, 6.07) is 14.7. The highest BCUT2D eigenvalue weighted by Gasteiger charge is 2.04. The molecule has 0 spiro atoms. The lowest BCUT2D eigenvalue weighted by atomic mass is 10.1. The van der Waals surface area contributed by atoms with Gasteiger partial charge in [0, 0.05) is 22.2 Å². The quantitative estimate of drug-likeness (QED) is 0.749. The van der Waals surface area contributed by atoms with E-state index in [1.54, 1.807) is 0 Å². The molecule has 0 bridgehead atoms. The topological polar surface area (TPSA) is 12.0 Å². The fraction of sp³-hybridized carbons (Fsp3) is 0.294. The molecule has 106 valence electrons. The van der Waals surface area contributed by atoms with Gasteiger partial charge in [0.15, 0.2) is 0 Å². The molecule has 0 amide bonds. The Morgan fingerprint density at radius 2 is 1.95 bits per heavy atom. The highest BCUT2D eigenvalue weighted by atomic mass is 35.5. The van der Waals surface area contributed by atoms with Crippen molar-refractivity contribution in [1.29, 1.82) is 0 Å². The summed E-state index contributed by atoms with van der Waals surface area (Å²) in [4.78, 5) is 1.32. The van der Waals surface area contributed by atoms with Gasteiger partial charge in [0.25, 0.3) is 0 Å². The van der Waals surface area contributed by atoms with Crippen LogP contribution in [0, 0.1) is 6.92 Å². The molecule has 0 saturated heterocycles. The average molecular weight is 306 g/mol. The minimum absolute atomic E-state index is 0.849. The van der Waals surface area contributed by atoms with Crippen molar-refractivity contribution in [3.63, 3.8) is 0 Å². The maximum absolute atomic E-state index is 6.19. The predicted molar refractivity (Wildman–Crippen MR) is 89.6 cm³/mol. The Balaban J connectivity index is 2.01. The van der Waals surface area contributed by atoms with E-state index in [2.05, 4.69) is 43.4 Å². The summed E-state index contributed by atoms with van der Waals surface area (Å²) in [7, 11) is 0. The van der Waals surface area contributed by atoms with E-state index in [4.69, 9.17) is 11.6 Å². The van der Waals surface area contributed by atoms with E-state index in [9.17, 15) is 0 Å². The Hall–Kier alpha value is -0.960. The lowest BCUT2D eigenvalue weighted by Crippen LogP contribution is -2.11. The van der Waals surface area contributed by atoms with Crippen LogP contribution in [0.5, 0.6) is 0 Å². The first-order chi connectivity index (χ1) is 9.70. The smallest absolute Gasteiger partial charge is 0.0446 e. The van der Waals surface area contributed by atoms with Crippen LogP contribution in [0.15, 0.2) is 47.4 Å². The Labute approximate surface area is 130 Å². The van der Waals surface area contributed by atoms with Gasteiger partial charge in [-0.1, -0.05) is 48.9 Å². The van der Waals surface area contributed by atoms with Gasteiger partial charge in [-0.15, -0.1) is 11.8 Å². The number of halogens is 1. The van der Waals surface area contributed by atoms with Crippen molar-refractivity contribution in [2.24, 2.45) is 0 Å². The summed E-state index contributed by atoms with van der Waals surface area (Å²) < 4.78 is 0. The maximum atomic E-state index is 6.19. The number of benzene rings is 2. The zero-order valence-corrected chi connectivity index (χ0v) is 13.5. The lowest BCUT2D eigenvalue weighted by Gasteiger charge is -2.09. The van der Waals surface area contributed by atoms with Crippen LogP contribution in [0.2, 0.25) is 5.02 Å². The molecule has 0 heterocycles. The van der Waals surface area contributed by atoms with Crippen LogP contribution in [-0.2, 0) is 12.3 Å². The second-order valence-electron chi connectivity index (χ2n) is 4.76. The monoisotopic (exact) mass is 305 g/mol. The molecule has 0 atom stereocenters. The van der Waals surface area contributed by atoms with Crippen LogP contribution in [0.1, 0.15) is 23.6 Å². The fourth-order valence-electron chi connectivity index (χ4n) is 2.02. The summed E-state index contributed by atoms with van der Waals surface area (Å²) >= 11 is 8.03. The van der Waals surface area contributed by atoms with E-state index in [0.29, 0.717) is 0 Å². The molecule has 0 unspecified atom stereocenters. The SMILES string of the molecule is CCNCc1ccc(SCc2ccccc2Cl)c(C)c1. The van der Waals surface area contributed by atoms with E-state index in [1.807, 2.05) is 30.0 Å². The van der Waals surface area contributed by atoms with Gasteiger partial charge in [-0.3, -0.25) is 0 Å². The number of aryl methyl sites for hydroxylation is 1. The van der Waals surface area contributed by atoms with Crippen LogP contribution in [-0.4, -0.2) is 6.54 Å². The van der Waals surface area contributed by atoms with E-state index < -0.39 is 0 Å². The summed E-state index contributed by atoms with van der Waals surface area (Å²) in [6.07, 6.45) is 0.